The predicted molar refractivity (Wildman–Crippen MR) is 158 cm³/mol. The number of hydrogen-bond donors (Lipinski definition) is 1. The van der Waals surface area contributed by atoms with Crippen LogP contribution in [0.2, 0.25) is 5.02 Å². The second-order valence-corrected chi connectivity index (χ2v) is 10.7. The maximum Gasteiger partial charge on any atom is 0.282 e. The molecule has 0 spiro atoms. The van der Waals surface area contributed by atoms with Gasteiger partial charge in [0.05, 0.1) is 36.7 Å². The lowest BCUT2D eigenvalue weighted by Gasteiger charge is -2.36. The molecule has 2 aliphatic rings. The first-order chi connectivity index (χ1) is 19.7. The minimum absolute atomic E-state index is 0.0930. The molecule has 0 unspecified atom stereocenters. The summed E-state index contributed by atoms with van der Waals surface area (Å²) in [5, 5.41) is 3.74. The number of anilines is 1. The van der Waals surface area contributed by atoms with Gasteiger partial charge in [-0.2, -0.15) is 0 Å². The van der Waals surface area contributed by atoms with Crippen LogP contribution in [0.3, 0.4) is 0 Å². The van der Waals surface area contributed by atoms with Gasteiger partial charge in [-0.3, -0.25) is 19.5 Å². The summed E-state index contributed by atoms with van der Waals surface area (Å²) in [4.78, 5) is 48.1. The van der Waals surface area contributed by atoms with Crippen molar-refractivity contribution in [3.63, 3.8) is 0 Å². The summed E-state index contributed by atoms with van der Waals surface area (Å²) in [6.07, 6.45) is 0. The number of imide groups is 1. The zero-order chi connectivity index (χ0) is 29.4. The number of nitrogens with zero attached hydrogens (tertiary/aromatic N) is 4. The van der Waals surface area contributed by atoms with E-state index >= 15 is 0 Å². The first-order valence-corrected chi connectivity index (χ1v) is 14.0. The number of rotatable bonds is 8. The zero-order valence-corrected chi connectivity index (χ0v) is 24.6. The lowest BCUT2D eigenvalue weighted by Crippen LogP contribution is -2.47. The molecule has 0 atom stereocenters. The van der Waals surface area contributed by atoms with E-state index in [0.29, 0.717) is 41.0 Å². The Labute approximate surface area is 243 Å². The van der Waals surface area contributed by atoms with Crippen LogP contribution in [-0.4, -0.2) is 78.3 Å². The van der Waals surface area contributed by atoms with Gasteiger partial charge in [-0.1, -0.05) is 32.4 Å². The number of ether oxygens (including phenoxy) is 2. The van der Waals surface area contributed by atoms with Crippen LogP contribution in [-0.2, 0) is 9.59 Å². The number of likely N-dealkylation sites (N-methyl/N-ethyl adjacent to an activating group) is 1. The molecule has 1 N–H and O–H groups in total. The molecular formula is C30H34ClN5O5. The second kappa shape index (κ2) is 11.5. The van der Waals surface area contributed by atoms with E-state index in [4.69, 9.17) is 21.1 Å². The predicted octanol–water partition coefficient (Wildman–Crippen LogP) is 3.88. The van der Waals surface area contributed by atoms with Crippen molar-refractivity contribution in [1.82, 2.24) is 19.6 Å². The molecule has 5 rings (SSSR count). The van der Waals surface area contributed by atoms with Crippen LogP contribution in [0.4, 0.5) is 5.69 Å². The first-order valence-electron chi connectivity index (χ1n) is 13.6. The van der Waals surface area contributed by atoms with Crippen molar-refractivity contribution < 1.29 is 19.1 Å². The number of H-pyrrole nitrogens is 1. The van der Waals surface area contributed by atoms with Crippen molar-refractivity contribution in [2.45, 2.75) is 26.7 Å². The molecule has 0 bridgehead atoms. The number of halogens is 1. The van der Waals surface area contributed by atoms with Crippen LogP contribution in [0.25, 0.3) is 11.3 Å². The van der Waals surface area contributed by atoms with Gasteiger partial charge >= 0.3 is 0 Å². The summed E-state index contributed by atoms with van der Waals surface area (Å²) in [6, 6.07) is 11.7. The Morgan fingerprint density at radius 1 is 0.927 bits per heavy atom. The molecule has 3 heterocycles. The molecule has 3 aromatic rings. The third-order valence-electron chi connectivity index (χ3n) is 7.65. The molecule has 1 saturated heterocycles. The highest BCUT2D eigenvalue weighted by molar-refractivity contribution is 6.45. The fraction of sp³-hybridized carbons (Fsp3) is 0.367. The minimum Gasteiger partial charge on any atom is -0.497 e. The number of aromatic nitrogens is 2. The van der Waals surface area contributed by atoms with Crippen molar-refractivity contribution in [3.8, 4) is 17.2 Å². The number of amides is 2. The van der Waals surface area contributed by atoms with Crippen LogP contribution in [0, 0.1) is 0 Å². The molecule has 2 aromatic carbocycles. The standard InChI is InChI=1S/C30H34ClN5O5/c1-6-33-13-15-34(16-14-33)27-25(28(37)35(30(27)39)22-12-11-21(40-4)17-23(22)41-5)24-26(18(2)3)32-36(29(24)38)20-9-7-19(31)8-10-20/h7-12,17-18,32H,6,13-16H2,1-5H3. The lowest BCUT2D eigenvalue weighted by molar-refractivity contribution is -0.120. The Bertz CT molecular complexity index is 1560. The monoisotopic (exact) mass is 579 g/mol. The van der Waals surface area contributed by atoms with Crippen LogP contribution >= 0.6 is 11.6 Å². The molecule has 10 nitrogen and oxygen atoms in total. The van der Waals surface area contributed by atoms with Gasteiger partial charge in [0.2, 0.25) is 0 Å². The topological polar surface area (TPSA) is 100 Å². The van der Waals surface area contributed by atoms with E-state index in [9.17, 15) is 14.4 Å². The number of methoxy groups -OCH3 is 2. The van der Waals surface area contributed by atoms with Gasteiger partial charge in [-0.15, -0.1) is 0 Å². The number of carbonyl (C=O) groups is 2. The SMILES string of the molecule is CCN1CCN(C2=C(c3c(C(C)C)[nH]n(-c4ccc(Cl)cc4)c3=O)C(=O)N(c3ccc(OC)cc3OC)C2=O)CC1. The van der Waals surface area contributed by atoms with E-state index in [2.05, 4.69) is 16.9 Å². The van der Waals surface area contributed by atoms with E-state index in [1.54, 1.807) is 42.5 Å². The largest absolute Gasteiger partial charge is 0.497 e. The van der Waals surface area contributed by atoms with Gasteiger partial charge in [0, 0.05) is 43.0 Å². The van der Waals surface area contributed by atoms with E-state index in [-0.39, 0.29) is 28.4 Å². The maximum atomic E-state index is 14.4. The summed E-state index contributed by atoms with van der Waals surface area (Å²) >= 11 is 6.09. The van der Waals surface area contributed by atoms with Crippen LogP contribution < -0.4 is 19.9 Å². The molecular weight excluding hydrogens is 546 g/mol. The fourth-order valence-corrected chi connectivity index (χ4v) is 5.52. The Morgan fingerprint density at radius 3 is 2.20 bits per heavy atom. The molecule has 1 aromatic heterocycles. The van der Waals surface area contributed by atoms with E-state index in [1.165, 1.54) is 18.9 Å². The Hall–Kier alpha value is -4.02. The van der Waals surface area contributed by atoms with E-state index in [0.717, 1.165) is 24.5 Å². The van der Waals surface area contributed by atoms with Gasteiger partial charge < -0.3 is 19.3 Å². The lowest BCUT2D eigenvalue weighted by atomic mass is 9.98. The van der Waals surface area contributed by atoms with Gasteiger partial charge in [0.15, 0.2) is 0 Å². The fourth-order valence-electron chi connectivity index (χ4n) is 5.40. The third kappa shape index (κ3) is 5.02. The molecule has 2 aliphatic heterocycles. The smallest absolute Gasteiger partial charge is 0.282 e. The summed E-state index contributed by atoms with van der Waals surface area (Å²) in [7, 11) is 3.00. The number of nitrogens with one attached hydrogen (secondary N) is 1. The summed E-state index contributed by atoms with van der Waals surface area (Å²) in [5.74, 6) is -0.393. The number of benzene rings is 2. The average molecular weight is 580 g/mol. The zero-order valence-electron chi connectivity index (χ0n) is 23.9. The summed E-state index contributed by atoms with van der Waals surface area (Å²) < 4.78 is 12.3. The van der Waals surface area contributed by atoms with Gasteiger partial charge in [-0.05, 0) is 48.9 Å². The number of piperazine rings is 1. The normalized spacial score (nSPS) is 16.4. The van der Waals surface area contributed by atoms with Crippen LogP contribution in [0.1, 0.15) is 37.9 Å². The molecule has 216 valence electrons. The minimum atomic E-state index is -0.576. The molecule has 0 aliphatic carbocycles. The van der Waals surface area contributed by atoms with Crippen LogP contribution in [0.5, 0.6) is 11.5 Å². The van der Waals surface area contributed by atoms with Gasteiger partial charge in [-0.25, -0.2) is 9.58 Å². The molecule has 0 saturated carbocycles. The quantitative estimate of drug-likeness (QED) is 0.404. The Balaban J connectivity index is 1.72. The first kappa shape index (κ1) is 28.5. The highest BCUT2D eigenvalue weighted by Crippen LogP contribution is 2.41. The third-order valence-corrected chi connectivity index (χ3v) is 7.91. The molecule has 1 fully saturated rings. The molecule has 2 amide bonds. The summed E-state index contributed by atoms with van der Waals surface area (Å²) in [5.41, 5.74) is 1.51. The highest BCUT2D eigenvalue weighted by atomic mass is 35.5. The molecule has 11 heteroatoms. The van der Waals surface area contributed by atoms with Gasteiger partial charge in [0.1, 0.15) is 17.2 Å². The Morgan fingerprint density at radius 2 is 1.61 bits per heavy atom. The van der Waals surface area contributed by atoms with Crippen LogP contribution in [0.15, 0.2) is 53.0 Å². The second-order valence-electron chi connectivity index (χ2n) is 10.3. The Kier molecular flexibility index (Phi) is 7.97. The van der Waals surface area contributed by atoms with E-state index < -0.39 is 17.4 Å². The van der Waals surface area contributed by atoms with Gasteiger partial charge in [0.25, 0.3) is 17.4 Å². The average Bonchev–Trinajstić information content (AvgIpc) is 3.45. The number of carbonyl (C=O) groups excluding carboxylic acids is 2. The van der Waals surface area contributed by atoms with Crippen molar-refractivity contribution in [2.75, 3.05) is 51.8 Å². The molecule has 0 radical (unpaired) electrons. The van der Waals surface area contributed by atoms with E-state index in [1.807, 2.05) is 18.7 Å². The maximum absolute atomic E-state index is 14.4. The summed E-state index contributed by atoms with van der Waals surface area (Å²) in [6.45, 7) is 9.43. The number of aromatic amines is 1. The van der Waals surface area contributed by atoms with Crippen molar-refractivity contribution in [3.05, 3.63) is 74.8 Å². The van der Waals surface area contributed by atoms with Crippen molar-refractivity contribution in [1.29, 1.82) is 0 Å². The number of hydrogen-bond acceptors (Lipinski definition) is 7. The van der Waals surface area contributed by atoms with Crippen molar-refractivity contribution in [2.24, 2.45) is 0 Å². The van der Waals surface area contributed by atoms with Crippen molar-refractivity contribution >= 4 is 34.7 Å². The highest BCUT2D eigenvalue weighted by Gasteiger charge is 2.46. The molecule has 41 heavy (non-hydrogen) atoms.